The Hall–Kier alpha value is -1.39. The summed E-state index contributed by atoms with van der Waals surface area (Å²) in [5.74, 6) is 0. The van der Waals surface area contributed by atoms with Crippen LogP contribution in [0, 0.1) is 0 Å². The van der Waals surface area contributed by atoms with E-state index in [1.165, 1.54) is 12.0 Å². The van der Waals surface area contributed by atoms with E-state index in [0.29, 0.717) is 0 Å². The third kappa shape index (κ3) is 3.78. The van der Waals surface area contributed by atoms with Crippen LogP contribution in [0.2, 0.25) is 0 Å². The number of likely N-dealkylation sites (N-methyl/N-ethyl adjacent to an activating group) is 2. The molecule has 0 unspecified atom stereocenters. The van der Waals surface area contributed by atoms with Gasteiger partial charge in [0.05, 0.1) is 0 Å². The number of hydrogen-bond donors (Lipinski definition) is 1. The molecule has 0 aliphatic rings. The molecule has 1 N–H and O–H groups in total. The average Bonchev–Trinajstić information content (AvgIpc) is 2.83. The molecule has 0 aliphatic carbocycles. The molecule has 0 saturated carbocycles. The first-order valence-corrected chi connectivity index (χ1v) is 6.70. The van der Waals surface area contributed by atoms with E-state index in [-0.39, 0.29) is 5.54 Å². The second-order valence-corrected chi connectivity index (χ2v) is 5.78. The lowest BCUT2D eigenvalue weighted by Crippen LogP contribution is -2.46. The third-order valence-electron chi connectivity index (χ3n) is 3.52. The van der Waals surface area contributed by atoms with Crippen LogP contribution >= 0.6 is 0 Å². The van der Waals surface area contributed by atoms with Crippen LogP contribution < -0.4 is 5.32 Å². The zero-order chi connectivity index (χ0) is 13.9. The summed E-state index contributed by atoms with van der Waals surface area (Å²) < 4.78 is 5.33. The smallest absolute Gasteiger partial charge is 0.181 e. The van der Waals surface area contributed by atoms with E-state index in [1.807, 2.05) is 13.1 Å². The molecule has 1 aromatic carbocycles. The first kappa shape index (κ1) is 14.0. The molecule has 19 heavy (non-hydrogen) atoms. The summed E-state index contributed by atoms with van der Waals surface area (Å²) in [4.78, 5) is 6.48. The Bertz CT molecular complexity index is 533. The number of fused-ring (bicyclic) bond motifs is 1. The van der Waals surface area contributed by atoms with Crippen LogP contribution in [0.3, 0.4) is 0 Å². The molecule has 0 amide bonds. The summed E-state index contributed by atoms with van der Waals surface area (Å²) in [6, 6.07) is 6.23. The first-order chi connectivity index (χ1) is 9.00. The predicted octanol–water partition coefficient (Wildman–Crippen LogP) is 2.30. The van der Waals surface area contributed by atoms with Crippen molar-refractivity contribution < 1.29 is 4.42 Å². The van der Waals surface area contributed by atoms with Gasteiger partial charge >= 0.3 is 0 Å². The standard InChI is InChI=1S/C15H23N3O/c1-15(2,16-3)10-18(4)8-7-12-5-6-13-14(9-12)19-11-17-13/h5-6,9,11,16H,7-8,10H2,1-4H3. The Morgan fingerprint density at radius 2 is 2.16 bits per heavy atom. The van der Waals surface area contributed by atoms with E-state index in [9.17, 15) is 0 Å². The Morgan fingerprint density at radius 3 is 2.89 bits per heavy atom. The maximum absolute atomic E-state index is 5.33. The van der Waals surface area contributed by atoms with Crippen molar-refractivity contribution >= 4 is 11.1 Å². The quantitative estimate of drug-likeness (QED) is 0.866. The normalized spacial score (nSPS) is 12.5. The summed E-state index contributed by atoms with van der Waals surface area (Å²) in [5.41, 5.74) is 3.23. The molecule has 2 rings (SSSR count). The summed E-state index contributed by atoms with van der Waals surface area (Å²) >= 11 is 0. The molecule has 1 aromatic heterocycles. The SMILES string of the molecule is CNC(C)(C)CN(C)CCc1ccc2ncoc2c1. The zero-order valence-electron chi connectivity index (χ0n) is 12.2. The Balaban J connectivity index is 1.91. The van der Waals surface area contributed by atoms with Gasteiger partial charge in [0.15, 0.2) is 12.0 Å². The maximum atomic E-state index is 5.33. The molecule has 1 heterocycles. The largest absolute Gasteiger partial charge is 0.443 e. The number of nitrogens with one attached hydrogen (secondary N) is 1. The lowest BCUT2D eigenvalue weighted by atomic mass is 10.1. The van der Waals surface area contributed by atoms with Crippen LogP contribution in [0.25, 0.3) is 11.1 Å². The molecular formula is C15H23N3O. The van der Waals surface area contributed by atoms with Gasteiger partial charge < -0.3 is 14.6 Å². The summed E-state index contributed by atoms with van der Waals surface area (Å²) in [6.45, 7) is 6.48. The van der Waals surface area contributed by atoms with Crippen molar-refractivity contribution in [2.75, 3.05) is 27.2 Å². The number of aromatic nitrogens is 1. The summed E-state index contributed by atoms with van der Waals surface area (Å²) in [7, 11) is 4.16. The van der Waals surface area contributed by atoms with Crippen LogP contribution in [0.5, 0.6) is 0 Å². The minimum atomic E-state index is 0.142. The Labute approximate surface area is 114 Å². The van der Waals surface area contributed by atoms with Crippen molar-refractivity contribution in [2.45, 2.75) is 25.8 Å². The third-order valence-corrected chi connectivity index (χ3v) is 3.52. The second kappa shape index (κ2) is 5.72. The molecule has 0 bridgehead atoms. The highest BCUT2D eigenvalue weighted by molar-refractivity contribution is 5.72. The van der Waals surface area contributed by atoms with E-state index in [0.717, 1.165) is 30.6 Å². The molecule has 4 nitrogen and oxygen atoms in total. The average molecular weight is 261 g/mol. The predicted molar refractivity (Wildman–Crippen MR) is 78.3 cm³/mol. The molecule has 0 radical (unpaired) electrons. The van der Waals surface area contributed by atoms with Crippen LogP contribution in [-0.2, 0) is 6.42 Å². The van der Waals surface area contributed by atoms with Gasteiger partial charge in [-0.3, -0.25) is 0 Å². The molecule has 2 aromatic rings. The highest BCUT2D eigenvalue weighted by Crippen LogP contribution is 2.15. The molecule has 104 valence electrons. The van der Waals surface area contributed by atoms with Crippen molar-refractivity contribution in [3.63, 3.8) is 0 Å². The van der Waals surface area contributed by atoms with Gasteiger partial charge in [-0.2, -0.15) is 0 Å². The zero-order valence-corrected chi connectivity index (χ0v) is 12.2. The monoisotopic (exact) mass is 261 g/mol. The molecule has 0 fully saturated rings. The van der Waals surface area contributed by atoms with Gasteiger partial charge in [-0.25, -0.2) is 4.98 Å². The second-order valence-electron chi connectivity index (χ2n) is 5.78. The maximum Gasteiger partial charge on any atom is 0.181 e. The molecule has 0 aliphatic heterocycles. The number of rotatable bonds is 6. The first-order valence-electron chi connectivity index (χ1n) is 6.70. The lowest BCUT2D eigenvalue weighted by Gasteiger charge is -2.30. The summed E-state index contributed by atoms with van der Waals surface area (Å²) in [5, 5.41) is 3.33. The van der Waals surface area contributed by atoms with Crippen LogP contribution in [0.4, 0.5) is 0 Å². The number of hydrogen-bond acceptors (Lipinski definition) is 4. The molecular weight excluding hydrogens is 238 g/mol. The van der Waals surface area contributed by atoms with Gasteiger partial charge in [0.25, 0.3) is 0 Å². The van der Waals surface area contributed by atoms with Crippen LogP contribution in [-0.4, -0.2) is 42.6 Å². The van der Waals surface area contributed by atoms with Gasteiger partial charge in [-0.1, -0.05) is 6.07 Å². The van der Waals surface area contributed by atoms with Crippen LogP contribution in [0.1, 0.15) is 19.4 Å². The highest BCUT2D eigenvalue weighted by atomic mass is 16.3. The fraction of sp³-hybridized carbons (Fsp3) is 0.533. The van der Waals surface area contributed by atoms with Gasteiger partial charge in [-0.15, -0.1) is 0 Å². The Kier molecular flexibility index (Phi) is 4.22. The molecule has 0 spiro atoms. The number of oxazole rings is 1. The van der Waals surface area contributed by atoms with Gasteiger partial charge in [0, 0.05) is 18.6 Å². The van der Waals surface area contributed by atoms with Crippen molar-refractivity contribution in [1.29, 1.82) is 0 Å². The fourth-order valence-corrected chi connectivity index (χ4v) is 2.21. The van der Waals surface area contributed by atoms with E-state index in [4.69, 9.17) is 4.42 Å². The van der Waals surface area contributed by atoms with Crippen molar-refractivity contribution in [1.82, 2.24) is 15.2 Å². The summed E-state index contributed by atoms with van der Waals surface area (Å²) in [6.07, 6.45) is 2.52. The van der Waals surface area contributed by atoms with Crippen molar-refractivity contribution in [2.24, 2.45) is 0 Å². The highest BCUT2D eigenvalue weighted by Gasteiger charge is 2.16. The van der Waals surface area contributed by atoms with E-state index in [1.54, 1.807) is 0 Å². The number of benzene rings is 1. The molecule has 0 saturated heterocycles. The number of nitrogens with zero attached hydrogens (tertiary/aromatic N) is 2. The van der Waals surface area contributed by atoms with Gasteiger partial charge in [0.2, 0.25) is 0 Å². The minimum Gasteiger partial charge on any atom is -0.443 e. The fourth-order valence-electron chi connectivity index (χ4n) is 2.21. The Morgan fingerprint density at radius 1 is 1.37 bits per heavy atom. The van der Waals surface area contributed by atoms with E-state index < -0.39 is 0 Å². The van der Waals surface area contributed by atoms with E-state index in [2.05, 4.69) is 48.2 Å². The lowest BCUT2D eigenvalue weighted by molar-refractivity contribution is 0.246. The van der Waals surface area contributed by atoms with E-state index >= 15 is 0 Å². The van der Waals surface area contributed by atoms with Gasteiger partial charge in [-0.05, 0) is 52.1 Å². The van der Waals surface area contributed by atoms with Crippen LogP contribution in [0.15, 0.2) is 29.0 Å². The molecule has 0 atom stereocenters. The molecule has 4 heteroatoms. The van der Waals surface area contributed by atoms with Gasteiger partial charge in [0.1, 0.15) is 5.52 Å². The topological polar surface area (TPSA) is 41.3 Å². The van der Waals surface area contributed by atoms with Crippen molar-refractivity contribution in [3.05, 3.63) is 30.2 Å². The van der Waals surface area contributed by atoms with Crippen molar-refractivity contribution in [3.8, 4) is 0 Å². The minimum absolute atomic E-state index is 0.142.